The lowest BCUT2D eigenvalue weighted by Crippen LogP contribution is -2.24. The third-order valence-corrected chi connectivity index (χ3v) is 4.57. The summed E-state index contributed by atoms with van der Waals surface area (Å²) >= 11 is 7.13. The zero-order chi connectivity index (χ0) is 14.7. The smallest absolute Gasteiger partial charge is 0.261 e. The van der Waals surface area contributed by atoms with Crippen LogP contribution >= 0.6 is 22.9 Å². The predicted molar refractivity (Wildman–Crippen MR) is 88.2 cm³/mol. The molecule has 1 amide bonds. The molecule has 2 aromatic heterocycles. The van der Waals surface area contributed by atoms with Crippen LogP contribution in [0.25, 0.3) is 10.9 Å². The molecule has 0 aliphatic heterocycles. The van der Waals surface area contributed by atoms with Crippen molar-refractivity contribution in [1.29, 1.82) is 0 Å². The van der Waals surface area contributed by atoms with Crippen LogP contribution in [0.3, 0.4) is 0 Å². The van der Waals surface area contributed by atoms with Crippen LogP contribution in [0.4, 0.5) is 0 Å². The third kappa shape index (κ3) is 3.28. The van der Waals surface area contributed by atoms with Crippen LogP contribution in [0.2, 0.25) is 4.34 Å². The molecule has 21 heavy (non-hydrogen) atoms. The quantitative estimate of drug-likeness (QED) is 0.704. The number of aromatic nitrogens is 1. The number of para-hydroxylation sites is 1. The van der Waals surface area contributed by atoms with Gasteiger partial charge in [0.15, 0.2) is 0 Å². The second-order valence-corrected chi connectivity index (χ2v) is 6.50. The number of carbonyl (C=O) groups excluding carboxylic acids is 1. The molecule has 0 fully saturated rings. The van der Waals surface area contributed by atoms with Crippen LogP contribution < -0.4 is 5.32 Å². The molecule has 0 aliphatic carbocycles. The molecular weight excluding hydrogens is 304 g/mol. The second-order valence-electron chi connectivity index (χ2n) is 4.78. The van der Waals surface area contributed by atoms with E-state index >= 15 is 0 Å². The average molecular weight is 319 g/mol. The van der Waals surface area contributed by atoms with Crippen LogP contribution in [-0.4, -0.2) is 17.0 Å². The largest absolute Gasteiger partial charge is 0.351 e. The van der Waals surface area contributed by atoms with Crippen molar-refractivity contribution in [1.82, 2.24) is 9.88 Å². The number of hydrogen-bond acceptors (Lipinski definition) is 2. The molecule has 0 aliphatic rings. The Morgan fingerprint density at radius 1 is 1.19 bits per heavy atom. The molecule has 0 unspecified atom stereocenters. The molecular formula is C16H15ClN2OS. The topological polar surface area (TPSA) is 34.0 Å². The number of nitrogens with zero attached hydrogens (tertiary/aromatic N) is 1. The molecule has 0 saturated carbocycles. The lowest BCUT2D eigenvalue weighted by atomic mass is 10.2. The van der Waals surface area contributed by atoms with Gasteiger partial charge in [-0.2, -0.15) is 0 Å². The molecule has 5 heteroatoms. The van der Waals surface area contributed by atoms with Gasteiger partial charge in [-0.3, -0.25) is 4.79 Å². The van der Waals surface area contributed by atoms with Crippen molar-refractivity contribution in [2.75, 3.05) is 6.54 Å². The summed E-state index contributed by atoms with van der Waals surface area (Å²) in [5, 5.41) is 4.17. The fourth-order valence-corrected chi connectivity index (χ4v) is 3.27. The summed E-state index contributed by atoms with van der Waals surface area (Å²) < 4.78 is 2.85. The first kappa shape index (κ1) is 14.2. The van der Waals surface area contributed by atoms with Gasteiger partial charge in [0.2, 0.25) is 0 Å². The first-order chi connectivity index (χ1) is 10.2. The fraction of sp³-hybridized carbons (Fsp3) is 0.188. The van der Waals surface area contributed by atoms with Gasteiger partial charge in [0.25, 0.3) is 5.91 Å². The molecule has 0 radical (unpaired) electrons. The molecule has 0 spiro atoms. The normalized spacial score (nSPS) is 10.9. The summed E-state index contributed by atoms with van der Waals surface area (Å²) in [6.07, 6.45) is 2.98. The van der Waals surface area contributed by atoms with Gasteiger partial charge in [0.05, 0.1) is 9.21 Å². The maximum atomic E-state index is 11.9. The molecule has 2 heterocycles. The number of rotatable bonds is 5. The predicted octanol–water partition coefficient (Wildman–Crippen LogP) is 4.18. The van der Waals surface area contributed by atoms with Crippen molar-refractivity contribution < 1.29 is 4.79 Å². The van der Waals surface area contributed by atoms with Crippen molar-refractivity contribution in [3.63, 3.8) is 0 Å². The highest BCUT2D eigenvalue weighted by molar-refractivity contribution is 7.17. The first-order valence-corrected chi connectivity index (χ1v) is 8.01. The van der Waals surface area contributed by atoms with Crippen LogP contribution in [0.15, 0.2) is 48.7 Å². The van der Waals surface area contributed by atoms with Gasteiger partial charge in [-0.25, -0.2) is 0 Å². The Hall–Kier alpha value is -1.78. The SMILES string of the molecule is O=C(NCCCn1ccc2ccccc21)c1ccc(Cl)s1. The molecule has 0 atom stereocenters. The minimum absolute atomic E-state index is 0.0516. The highest BCUT2D eigenvalue weighted by atomic mass is 35.5. The summed E-state index contributed by atoms with van der Waals surface area (Å²) in [7, 11) is 0. The van der Waals surface area contributed by atoms with Crippen molar-refractivity contribution in [2.24, 2.45) is 0 Å². The number of hydrogen-bond donors (Lipinski definition) is 1. The Bertz CT molecular complexity index is 762. The van der Waals surface area contributed by atoms with E-state index < -0.39 is 0 Å². The molecule has 3 aromatic rings. The Labute approximate surface area is 132 Å². The van der Waals surface area contributed by atoms with Crippen LogP contribution in [0, 0.1) is 0 Å². The molecule has 0 bridgehead atoms. The maximum Gasteiger partial charge on any atom is 0.261 e. The van der Waals surface area contributed by atoms with E-state index in [2.05, 4.69) is 34.3 Å². The summed E-state index contributed by atoms with van der Waals surface area (Å²) in [5.41, 5.74) is 1.23. The fourth-order valence-electron chi connectivity index (χ4n) is 2.31. The summed E-state index contributed by atoms with van der Waals surface area (Å²) in [6.45, 7) is 1.54. The standard InChI is InChI=1S/C16H15ClN2OS/c17-15-7-6-14(21-15)16(20)18-9-3-10-19-11-8-12-4-1-2-5-13(12)19/h1-2,4-8,11H,3,9-10H2,(H,18,20). The van der Waals surface area contributed by atoms with Gasteiger partial charge >= 0.3 is 0 Å². The van der Waals surface area contributed by atoms with Crippen molar-refractivity contribution in [3.8, 4) is 0 Å². The first-order valence-electron chi connectivity index (χ1n) is 6.81. The average Bonchev–Trinajstić information content (AvgIpc) is 3.10. The zero-order valence-corrected chi connectivity index (χ0v) is 13.0. The van der Waals surface area contributed by atoms with Gasteiger partial charge in [-0.1, -0.05) is 29.8 Å². The number of fused-ring (bicyclic) bond motifs is 1. The van der Waals surface area contributed by atoms with Gasteiger partial charge in [-0.15, -0.1) is 11.3 Å². The molecule has 0 saturated heterocycles. The third-order valence-electron chi connectivity index (χ3n) is 3.34. The van der Waals surface area contributed by atoms with Crippen molar-refractivity contribution in [2.45, 2.75) is 13.0 Å². The zero-order valence-electron chi connectivity index (χ0n) is 11.4. The second kappa shape index (κ2) is 6.33. The summed E-state index contributed by atoms with van der Waals surface area (Å²) in [4.78, 5) is 12.5. The highest BCUT2D eigenvalue weighted by Crippen LogP contribution is 2.21. The van der Waals surface area contributed by atoms with E-state index in [0.717, 1.165) is 13.0 Å². The van der Waals surface area contributed by atoms with E-state index in [-0.39, 0.29) is 5.91 Å². The van der Waals surface area contributed by atoms with E-state index in [9.17, 15) is 4.79 Å². The highest BCUT2D eigenvalue weighted by Gasteiger charge is 2.07. The minimum Gasteiger partial charge on any atom is -0.351 e. The lowest BCUT2D eigenvalue weighted by Gasteiger charge is -2.06. The van der Waals surface area contributed by atoms with Gasteiger partial charge in [0, 0.05) is 24.8 Å². The van der Waals surface area contributed by atoms with E-state index in [0.29, 0.717) is 15.8 Å². The molecule has 3 nitrogen and oxygen atoms in total. The van der Waals surface area contributed by atoms with E-state index in [1.807, 2.05) is 12.1 Å². The number of amides is 1. The van der Waals surface area contributed by atoms with Gasteiger partial charge in [0.1, 0.15) is 0 Å². The summed E-state index contributed by atoms with van der Waals surface area (Å²) in [5.74, 6) is -0.0516. The summed E-state index contributed by atoms with van der Waals surface area (Å²) in [6, 6.07) is 13.9. The van der Waals surface area contributed by atoms with Crippen LogP contribution in [0.5, 0.6) is 0 Å². The van der Waals surface area contributed by atoms with E-state index in [1.54, 1.807) is 12.1 Å². The maximum absolute atomic E-state index is 11.9. The Balaban J connectivity index is 1.51. The van der Waals surface area contributed by atoms with E-state index in [1.165, 1.54) is 22.2 Å². The number of halogens is 1. The van der Waals surface area contributed by atoms with Crippen LogP contribution in [-0.2, 0) is 6.54 Å². The van der Waals surface area contributed by atoms with Crippen molar-refractivity contribution in [3.05, 3.63) is 57.9 Å². The number of benzene rings is 1. The number of thiophene rings is 1. The van der Waals surface area contributed by atoms with Crippen LogP contribution in [0.1, 0.15) is 16.1 Å². The lowest BCUT2D eigenvalue weighted by molar-refractivity contribution is 0.0957. The minimum atomic E-state index is -0.0516. The van der Waals surface area contributed by atoms with Crippen molar-refractivity contribution >= 4 is 39.7 Å². The molecule has 1 aromatic carbocycles. The molecule has 1 N–H and O–H groups in total. The Morgan fingerprint density at radius 3 is 2.86 bits per heavy atom. The number of carbonyl (C=O) groups is 1. The number of aryl methyl sites for hydroxylation is 1. The molecule has 108 valence electrons. The van der Waals surface area contributed by atoms with Gasteiger partial charge in [-0.05, 0) is 36.1 Å². The Kier molecular flexibility index (Phi) is 4.27. The van der Waals surface area contributed by atoms with Gasteiger partial charge < -0.3 is 9.88 Å². The Morgan fingerprint density at radius 2 is 2.05 bits per heavy atom. The monoisotopic (exact) mass is 318 g/mol. The molecule has 3 rings (SSSR count). The number of nitrogens with one attached hydrogen (secondary N) is 1. The van der Waals surface area contributed by atoms with E-state index in [4.69, 9.17) is 11.6 Å².